The summed E-state index contributed by atoms with van der Waals surface area (Å²) in [5.41, 5.74) is 1.27. The van der Waals surface area contributed by atoms with Crippen LogP contribution < -0.4 is 24.4 Å². The molecular weight excluding hydrogens is 398 g/mol. The van der Waals surface area contributed by atoms with E-state index >= 15 is 0 Å². The van der Waals surface area contributed by atoms with Gasteiger partial charge in [0.1, 0.15) is 28.6 Å². The van der Waals surface area contributed by atoms with Gasteiger partial charge in [-0.15, -0.1) is 0 Å². The fraction of sp³-hybridized carbons (Fsp3) is 0.304. The Labute approximate surface area is 180 Å². The normalized spacial score (nSPS) is 13.7. The molecule has 1 N–H and O–H groups in total. The molecule has 0 unspecified atom stereocenters. The molecule has 1 aliphatic rings. The third kappa shape index (κ3) is 4.80. The van der Waals surface area contributed by atoms with Crippen LogP contribution in [0.1, 0.15) is 0 Å². The third-order valence-corrected chi connectivity index (χ3v) is 5.05. The first-order valence-corrected chi connectivity index (χ1v) is 10.0. The zero-order valence-corrected chi connectivity index (χ0v) is 17.6. The summed E-state index contributed by atoms with van der Waals surface area (Å²) in [7, 11) is 3.11. The van der Waals surface area contributed by atoms with Crippen molar-refractivity contribution >= 4 is 28.3 Å². The van der Waals surface area contributed by atoms with Crippen molar-refractivity contribution in [1.82, 2.24) is 4.98 Å². The van der Waals surface area contributed by atoms with E-state index in [0.717, 1.165) is 29.8 Å². The van der Waals surface area contributed by atoms with Crippen molar-refractivity contribution < 1.29 is 23.7 Å². The Balaban J connectivity index is 1.47. The summed E-state index contributed by atoms with van der Waals surface area (Å²) in [6.45, 7) is 2.82. The summed E-state index contributed by atoms with van der Waals surface area (Å²) >= 11 is 0. The zero-order chi connectivity index (χ0) is 21.6. The van der Waals surface area contributed by atoms with Crippen molar-refractivity contribution in [2.45, 2.75) is 0 Å². The van der Waals surface area contributed by atoms with E-state index < -0.39 is 0 Å². The molecule has 162 valence electrons. The standard InChI is InChI=1S/C23H25N3O5/c1-28-17-7-8-18(20(14-17)29-2)24-22(27)15-31-19-5-3-4-16-6-9-21(25-23(16)19)26-10-12-30-13-11-26/h3-9,14H,10-13,15H2,1-2H3,(H,24,27). The van der Waals surface area contributed by atoms with Crippen molar-refractivity contribution in [2.75, 3.05) is 57.3 Å². The fourth-order valence-electron chi connectivity index (χ4n) is 3.43. The highest BCUT2D eigenvalue weighted by Crippen LogP contribution is 2.29. The van der Waals surface area contributed by atoms with Gasteiger partial charge in [-0.1, -0.05) is 12.1 Å². The van der Waals surface area contributed by atoms with Crippen LogP contribution in [-0.4, -0.2) is 58.0 Å². The Hall–Kier alpha value is -3.52. The molecule has 0 bridgehead atoms. The molecule has 4 rings (SSSR count). The quantitative estimate of drug-likeness (QED) is 0.625. The van der Waals surface area contributed by atoms with Gasteiger partial charge in [-0.05, 0) is 30.3 Å². The summed E-state index contributed by atoms with van der Waals surface area (Å²) in [4.78, 5) is 19.5. The molecule has 1 saturated heterocycles. The molecule has 0 spiro atoms. The van der Waals surface area contributed by atoms with Gasteiger partial charge in [0.15, 0.2) is 6.61 Å². The summed E-state index contributed by atoms with van der Waals surface area (Å²) in [6.07, 6.45) is 0. The molecule has 1 amide bonds. The minimum absolute atomic E-state index is 0.155. The third-order valence-electron chi connectivity index (χ3n) is 5.05. The van der Waals surface area contributed by atoms with E-state index in [9.17, 15) is 4.79 Å². The minimum Gasteiger partial charge on any atom is -0.497 e. The van der Waals surface area contributed by atoms with Crippen LogP contribution >= 0.6 is 0 Å². The average molecular weight is 423 g/mol. The topological polar surface area (TPSA) is 82.2 Å². The number of aromatic nitrogens is 1. The first-order valence-electron chi connectivity index (χ1n) is 10.0. The van der Waals surface area contributed by atoms with Crippen LogP contribution in [0.2, 0.25) is 0 Å². The van der Waals surface area contributed by atoms with Gasteiger partial charge in [0, 0.05) is 24.5 Å². The zero-order valence-electron chi connectivity index (χ0n) is 17.6. The largest absolute Gasteiger partial charge is 0.497 e. The molecule has 2 heterocycles. The highest BCUT2D eigenvalue weighted by molar-refractivity contribution is 5.94. The molecule has 8 nitrogen and oxygen atoms in total. The van der Waals surface area contributed by atoms with Crippen molar-refractivity contribution in [3.05, 3.63) is 48.5 Å². The van der Waals surface area contributed by atoms with Crippen LogP contribution in [0.15, 0.2) is 48.5 Å². The molecule has 0 radical (unpaired) electrons. The number of hydrogen-bond donors (Lipinski definition) is 1. The molecule has 1 aliphatic heterocycles. The number of morpholine rings is 1. The maximum absolute atomic E-state index is 12.5. The minimum atomic E-state index is -0.301. The SMILES string of the molecule is COc1ccc(NC(=O)COc2cccc3ccc(N4CCOCC4)nc23)c(OC)c1. The number of para-hydroxylation sites is 1. The van der Waals surface area contributed by atoms with Gasteiger partial charge in [0.2, 0.25) is 0 Å². The van der Waals surface area contributed by atoms with Gasteiger partial charge in [-0.3, -0.25) is 4.79 Å². The number of benzene rings is 2. The first kappa shape index (κ1) is 20.7. The number of amides is 1. The van der Waals surface area contributed by atoms with Crippen LogP contribution in [0.4, 0.5) is 11.5 Å². The highest BCUT2D eigenvalue weighted by Gasteiger charge is 2.15. The number of nitrogens with zero attached hydrogens (tertiary/aromatic N) is 2. The number of hydrogen-bond acceptors (Lipinski definition) is 7. The first-order chi connectivity index (χ1) is 15.2. The van der Waals surface area contributed by atoms with E-state index in [2.05, 4.69) is 10.2 Å². The average Bonchev–Trinajstić information content (AvgIpc) is 2.83. The highest BCUT2D eigenvalue weighted by atomic mass is 16.5. The van der Waals surface area contributed by atoms with Gasteiger partial charge >= 0.3 is 0 Å². The second kappa shape index (κ2) is 9.53. The predicted molar refractivity (Wildman–Crippen MR) is 118 cm³/mol. The van der Waals surface area contributed by atoms with Crippen LogP contribution in [0.5, 0.6) is 17.2 Å². The molecule has 1 aromatic heterocycles. The molecule has 3 aromatic rings. The molecule has 8 heteroatoms. The number of fused-ring (bicyclic) bond motifs is 1. The number of carbonyl (C=O) groups is 1. The number of ether oxygens (including phenoxy) is 4. The lowest BCUT2D eigenvalue weighted by atomic mass is 10.2. The lowest BCUT2D eigenvalue weighted by Gasteiger charge is -2.28. The van der Waals surface area contributed by atoms with Gasteiger partial charge in [0.25, 0.3) is 5.91 Å². The molecule has 0 aliphatic carbocycles. The lowest BCUT2D eigenvalue weighted by molar-refractivity contribution is -0.118. The molecular formula is C23H25N3O5. The molecule has 2 aromatic carbocycles. The number of carbonyl (C=O) groups excluding carboxylic acids is 1. The van der Waals surface area contributed by atoms with Crippen LogP contribution in [-0.2, 0) is 9.53 Å². The molecule has 31 heavy (non-hydrogen) atoms. The van der Waals surface area contributed by atoms with Crippen LogP contribution in [0.3, 0.4) is 0 Å². The van der Waals surface area contributed by atoms with E-state index in [0.29, 0.717) is 36.1 Å². The van der Waals surface area contributed by atoms with E-state index in [1.165, 1.54) is 7.11 Å². The smallest absolute Gasteiger partial charge is 0.262 e. The van der Waals surface area contributed by atoms with Gasteiger partial charge in [-0.25, -0.2) is 4.98 Å². The molecule has 1 fully saturated rings. The predicted octanol–water partition coefficient (Wildman–Crippen LogP) is 3.11. The van der Waals surface area contributed by atoms with E-state index in [4.69, 9.17) is 23.9 Å². The lowest BCUT2D eigenvalue weighted by Crippen LogP contribution is -2.36. The number of pyridine rings is 1. The Morgan fingerprint density at radius 2 is 1.90 bits per heavy atom. The Morgan fingerprint density at radius 1 is 1.06 bits per heavy atom. The maximum atomic E-state index is 12.5. The molecule has 0 saturated carbocycles. The maximum Gasteiger partial charge on any atom is 0.262 e. The Bertz CT molecular complexity index is 1070. The number of methoxy groups -OCH3 is 2. The summed E-state index contributed by atoms with van der Waals surface area (Å²) < 4.78 is 21.8. The summed E-state index contributed by atoms with van der Waals surface area (Å²) in [5.74, 6) is 2.28. The number of rotatable bonds is 7. The summed E-state index contributed by atoms with van der Waals surface area (Å²) in [6, 6.07) is 14.9. The second-order valence-electron chi connectivity index (χ2n) is 7.00. The van der Waals surface area contributed by atoms with E-state index in [1.54, 1.807) is 25.3 Å². The van der Waals surface area contributed by atoms with E-state index in [1.807, 2.05) is 30.3 Å². The van der Waals surface area contributed by atoms with Gasteiger partial charge in [-0.2, -0.15) is 0 Å². The van der Waals surface area contributed by atoms with Crippen molar-refractivity contribution in [1.29, 1.82) is 0 Å². The summed E-state index contributed by atoms with van der Waals surface area (Å²) in [5, 5.41) is 3.76. The fourth-order valence-corrected chi connectivity index (χ4v) is 3.43. The van der Waals surface area contributed by atoms with Crippen molar-refractivity contribution in [3.8, 4) is 17.2 Å². The monoisotopic (exact) mass is 423 g/mol. The van der Waals surface area contributed by atoms with E-state index in [-0.39, 0.29) is 12.5 Å². The van der Waals surface area contributed by atoms with Crippen LogP contribution in [0, 0.1) is 0 Å². The molecule has 0 atom stereocenters. The number of anilines is 2. The Kier molecular flexibility index (Phi) is 6.37. The second-order valence-corrected chi connectivity index (χ2v) is 7.00. The van der Waals surface area contributed by atoms with Crippen LogP contribution in [0.25, 0.3) is 10.9 Å². The Morgan fingerprint density at radius 3 is 2.68 bits per heavy atom. The van der Waals surface area contributed by atoms with Gasteiger partial charge in [0.05, 0.1) is 33.1 Å². The van der Waals surface area contributed by atoms with Crippen molar-refractivity contribution in [2.24, 2.45) is 0 Å². The van der Waals surface area contributed by atoms with Crippen molar-refractivity contribution in [3.63, 3.8) is 0 Å². The number of nitrogens with one attached hydrogen (secondary N) is 1. The van der Waals surface area contributed by atoms with Gasteiger partial charge < -0.3 is 29.2 Å².